The van der Waals surface area contributed by atoms with Crippen LogP contribution in [0.4, 0.5) is 0 Å². The van der Waals surface area contributed by atoms with Crippen LogP contribution in [0, 0.1) is 11.8 Å². The van der Waals surface area contributed by atoms with Gasteiger partial charge >= 0.3 is 0 Å². The summed E-state index contributed by atoms with van der Waals surface area (Å²) in [5, 5.41) is 3.26. The summed E-state index contributed by atoms with van der Waals surface area (Å²) in [6.45, 7) is 3.71. The lowest BCUT2D eigenvalue weighted by atomic mass is 9.86. The second-order valence-corrected chi connectivity index (χ2v) is 6.87. The molecule has 15 heavy (non-hydrogen) atoms. The Morgan fingerprint density at radius 2 is 2.07 bits per heavy atom. The van der Waals surface area contributed by atoms with Crippen molar-refractivity contribution >= 4 is 10.0 Å². The third-order valence-corrected chi connectivity index (χ3v) is 4.75. The first kappa shape index (κ1) is 11.4. The number of nitrogens with zero attached hydrogens (tertiary/aromatic N) is 1. The molecule has 0 aromatic rings. The van der Waals surface area contributed by atoms with Crippen LogP contribution < -0.4 is 5.32 Å². The van der Waals surface area contributed by atoms with E-state index in [1.807, 2.05) is 0 Å². The number of hydrogen-bond donors (Lipinski definition) is 1. The van der Waals surface area contributed by atoms with Gasteiger partial charge in [0.15, 0.2) is 0 Å². The zero-order valence-corrected chi connectivity index (χ0v) is 10.1. The van der Waals surface area contributed by atoms with Crippen molar-refractivity contribution in [2.24, 2.45) is 11.8 Å². The molecule has 2 heterocycles. The van der Waals surface area contributed by atoms with Crippen LogP contribution in [0.25, 0.3) is 0 Å². The molecule has 0 aromatic heterocycles. The van der Waals surface area contributed by atoms with Crippen molar-refractivity contribution < 1.29 is 8.42 Å². The molecule has 1 N–H and O–H groups in total. The van der Waals surface area contributed by atoms with E-state index in [-0.39, 0.29) is 0 Å². The number of nitrogens with one attached hydrogen (secondary N) is 1. The van der Waals surface area contributed by atoms with Gasteiger partial charge in [-0.15, -0.1) is 0 Å². The van der Waals surface area contributed by atoms with E-state index in [2.05, 4.69) is 5.32 Å². The van der Waals surface area contributed by atoms with Gasteiger partial charge in [0.25, 0.3) is 0 Å². The first-order valence-corrected chi connectivity index (χ1v) is 7.56. The van der Waals surface area contributed by atoms with Crippen LogP contribution in [0.2, 0.25) is 0 Å². The molecular weight excluding hydrogens is 212 g/mol. The second-order valence-electron chi connectivity index (χ2n) is 4.89. The quantitative estimate of drug-likeness (QED) is 0.760. The molecular formula is C10H20N2O2S. The van der Waals surface area contributed by atoms with Gasteiger partial charge in [0, 0.05) is 13.1 Å². The van der Waals surface area contributed by atoms with E-state index in [4.69, 9.17) is 0 Å². The third kappa shape index (κ3) is 2.92. The highest BCUT2D eigenvalue weighted by molar-refractivity contribution is 7.88. The van der Waals surface area contributed by atoms with Crippen LogP contribution in [0.15, 0.2) is 0 Å². The maximum absolute atomic E-state index is 11.4. The molecule has 2 aliphatic rings. The van der Waals surface area contributed by atoms with E-state index < -0.39 is 10.0 Å². The number of rotatable bonds is 3. The summed E-state index contributed by atoms with van der Waals surface area (Å²) in [7, 11) is -2.97. The Morgan fingerprint density at radius 3 is 2.60 bits per heavy atom. The molecule has 0 aliphatic carbocycles. The molecule has 2 aliphatic heterocycles. The van der Waals surface area contributed by atoms with Crippen LogP contribution in [-0.2, 0) is 10.0 Å². The van der Waals surface area contributed by atoms with Crippen LogP contribution >= 0.6 is 0 Å². The maximum Gasteiger partial charge on any atom is 0.211 e. The fourth-order valence-electron chi connectivity index (χ4n) is 2.51. The summed E-state index contributed by atoms with van der Waals surface area (Å²) in [5.41, 5.74) is 0. The van der Waals surface area contributed by atoms with Crippen molar-refractivity contribution in [3.8, 4) is 0 Å². The largest absolute Gasteiger partial charge is 0.316 e. The van der Waals surface area contributed by atoms with Gasteiger partial charge in [0.05, 0.1) is 6.26 Å². The highest BCUT2D eigenvalue weighted by Gasteiger charge is 2.29. The van der Waals surface area contributed by atoms with E-state index in [1.165, 1.54) is 19.1 Å². The highest BCUT2D eigenvalue weighted by Crippen LogP contribution is 2.25. The molecule has 0 aromatic carbocycles. The zero-order valence-electron chi connectivity index (χ0n) is 9.28. The minimum atomic E-state index is -2.97. The fourth-order valence-corrected chi connectivity index (χ4v) is 3.45. The van der Waals surface area contributed by atoms with Crippen molar-refractivity contribution in [1.82, 2.24) is 9.62 Å². The van der Waals surface area contributed by atoms with E-state index in [1.54, 1.807) is 4.31 Å². The SMILES string of the molecule is CS(=O)(=O)N1CCCC(CC2CNC2)C1. The van der Waals surface area contributed by atoms with Gasteiger partial charge in [-0.3, -0.25) is 0 Å². The smallest absolute Gasteiger partial charge is 0.211 e. The summed E-state index contributed by atoms with van der Waals surface area (Å²) in [4.78, 5) is 0. The monoisotopic (exact) mass is 232 g/mol. The molecule has 0 amide bonds. The van der Waals surface area contributed by atoms with Gasteiger partial charge in [0.2, 0.25) is 10.0 Å². The molecule has 1 unspecified atom stereocenters. The van der Waals surface area contributed by atoms with Crippen LogP contribution in [0.3, 0.4) is 0 Å². The summed E-state index contributed by atoms with van der Waals surface area (Å²) >= 11 is 0. The Kier molecular flexibility index (Phi) is 3.33. The summed E-state index contributed by atoms with van der Waals surface area (Å²) in [6.07, 6.45) is 4.74. The highest BCUT2D eigenvalue weighted by atomic mass is 32.2. The third-order valence-electron chi connectivity index (χ3n) is 3.48. The van der Waals surface area contributed by atoms with Gasteiger partial charge in [-0.25, -0.2) is 12.7 Å². The van der Waals surface area contributed by atoms with Gasteiger partial charge in [-0.1, -0.05) is 0 Å². The molecule has 2 rings (SSSR count). The normalized spacial score (nSPS) is 30.1. The van der Waals surface area contributed by atoms with Crippen molar-refractivity contribution in [3.63, 3.8) is 0 Å². The number of sulfonamides is 1. The Hall–Kier alpha value is -0.130. The molecule has 0 radical (unpaired) electrons. The van der Waals surface area contributed by atoms with Crippen molar-refractivity contribution in [2.45, 2.75) is 19.3 Å². The predicted molar refractivity (Wildman–Crippen MR) is 60.1 cm³/mol. The predicted octanol–water partition coefficient (Wildman–Crippen LogP) is 0.268. The Bertz CT molecular complexity index is 311. The fraction of sp³-hybridized carbons (Fsp3) is 1.00. The topological polar surface area (TPSA) is 49.4 Å². The Labute approximate surface area is 92.1 Å². The average molecular weight is 232 g/mol. The van der Waals surface area contributed by atoms with E-state index in [0.29, 0.717) is 5.92 Å². The van der Waals surface area contributed by atoms with Crippen LogP contribution in [-0.4, -0.2) is 45.2 Å². The Morgan fingerprint density at radius 1 is 1.33 bits per heavy atom. The molecule has 0 bridgehead atoms. The van der Waals surface area contributed by atoms with Crippen molar-refractivity contribution in [3.05, 3.63) is 0 Å². The molecule has 88 valence electrons. The minimum absolute atomic E-state index is 0.584. The molecule has 0 spiro atoms. The summed E-state index contributed by atoms with van der Waals surface area (Å²) < 4.78 is 24.5. The average Bonchev–Trinajstić information content (AvgIpc) is 2.11. The molecule has 5 heteroatoms. The van der Waals surface area contributed by atoms with Crippen LogP contribution in [0.5, 0.6) is 0 Å². The number of piperidine rings is 1. The lowest BCUT2D eigenvalue weighted by Crippen LogP contribution is -2.45. The Balaban J connectivity index is 1.86. The zero-order chi connectivity index (χ0) is 10.9. The van der Waals surface area contributed by atoms with E-state index in [9.17, 15) is 8.42 Å². The van der Waals surface area contributed by atoms with Crippen molar-refractivity contribution in [2.75, 3.05) is 32.4 Å². The summed E-state index contributed by atoms with van der Waals surface area (Å²) in [6, 6.07) is 0. The first-order valence-electron chi connectivity index (χ1n) is 5.71. The van der Waals surface area contributed by atoms with Gasteiger partial charge in [-0.05, 0) is 44.2 Å². The van der Waals surface area contributed by atoms with Gasteiger partial charge < -0.3 is 5.32 Å². The standard InChI is InChI=1S/C10H20N2O2S/c1-15(13,14)12-4-2-3-9(8-12)5-10-6-11-7-10/h9-11H,2-8H2,1H3. The lowest BCUT2D eigenvalue weighted by Gasteiger charge is -2.35. The molecule has 2 fully saturated rings. The van der Waals surface area contributed by atoms with E-state index in [0.717, 1.165) is 38.5 Å². The molecule has 4 nitrogen and oxygen atoms in total. The summed E-state index contributed by atoms with van der Waals surface area (Å²) in [5.74, 6) is 1.37. The maximum atomic E-state index is 11.4. The van der Waals surface area contributed by atoms with Gasteiger partial charge in [-0.2, -0.15) is 0 Å². The van der Waals surface area contributed by atoms with Gasteiger partial charge in [0.1, 0.15) is 0 Å². The lowest BCUT2D eigenvalue weighted by molar-refractivity contribution is 0.202. The van der Waals surface area contributed by atoms with Crippen LogP contribution in [0.1, 0.15) is 19.3 Å². The molecule has 1 atom stereocenters. The molecule has 0 saturated carbocycles. The minimum Gasteiger partial charge on any atom is -0.316 e. The van der Waals surface area contributed by atoms with E-state index >= 15 is 0 Å². The first-order chi connectivity index (χ1) is 7.05. The molecule has 2 saturated heterocycles. The number of hydrogen-bond acceptors (Lipinski definition) is 3. The second kappa shape index (κ2) is 4.39. The van der Waals surface area contributed by atoms with Crippen molar-refractivity contribution in [1.29, 1.82) is 0 Å².